The summed E-state index contributed by atoms with van der Waals surface area (Å²) in [5.41, 5.74) is 7.76. The summed E-state index contributed by atoms with van der Waals surface area (Å²) in [7, 11) is 0. The number of amides is 2. The summed E-state index contributed by atoms with van der Waals surface area (Å²) < 4.78 is 0. The van der Waals surface area contributed by atoms with Gasteiger partial charge in [-0.15, -0.1) is 0 Å². The van der Waals surface area contributed by atoms with E-state index in [-0.39, 0.29) is 12.5 Å². The first kappa shape index (κ1) is 22.3. The van der Waals surface area contributed by atoms with Gasteiger partial charge in [0.1, 0.15) is 5.54 Å². The Morgan fingerprint density at radius 3 is 2.63 bits per heavy atom. The SMILES string of the molecule is Cc1cc(C)c(CN(C(=O)[CH]CC2CCCCC2)C2(C#N)CCNC2)c(C(N)=O)c1. The van der Waals surface area contributed by atoms with E-state index in [1.807, 2.05) is 19.9 Å². The Morgan fingerprint density at radius 1 is 1.30 bits per heavy atom. The number of hydrogen-bond donors (Lipinski definition) is 2. The molecular formula is C24H33N4O2. The molecule has 3 rings (SSSR count). The number of nitrogens with one attached hydrogen (secondary N) is 1. The van der Waals surface area contributed by atoms with Crippen LogP contribution in [0, 0.1) is 37.5 Å². The molecule has 1 unspecified atom stereocenters. The van der Waals surface area contributed by atoms with Gasteiger partial charge in [0, 0.05) is 18.7 Å². The van der Waals surface area contributed by atoms with Gasteiger partial charge in [0.05, 0.1) is 12.5 Å². The van der Waals surface area contributed by atoms with Crippen LogP contribution in [0.5, 0.6) is 0 Å². The Hall–Kier alpha value is -2.39. The maximum Gasteiger partial charge on any atom is 0.249 e. The van der Waals surface area contributed by atoms with Crippen LogP contribution in [-0.4, -0.2) is 35.3 Å². The number of primary amides is 1. The van der Waals surface area contributed by atoms with Gasteiger partial charge in [0.25, 0.3) is 0 Å². The molecular weight excluding hydrogens is 376 g/mol. The van der Waals surface area contributed by atoms with Crippen LogP contribution in [-0.2, 0) is 11.3 Å². The fourth-order valence-electron chi connectivity index (χ4n) is 4.89. The summed E-state index contributed by atoms with van der Waals surface area (Å²) in [4.78, 5) is 27.2. The fourth-order valence-corrected chi connectivity index (χ4v) is 4.89. The molecule has 6 nitrogen and oxygen atoms in total. The zero-order valence-corrected chi connectivity index (χ0v) is 18.2. The Kier molecular flexibility index (Phi) is 7.14. The van der Waals surface area contributed by atoms with Crippen LogP contribution in [0.4, 0.5) is 0 Å². The van der Waals surface area contributed by atoms with Gasteiger partial charge in [-0.05, 0) is 56.3 Å². The predicted molar refractivity (Wildman–Crippen MR) is 116 cm³/mol. The molecule has 30 heavy (non-hydrogen) atoms. The number of nitrogens with zero attached hydrogens (tertiary/aromatic N) is 2. The first-order valence-corrected chi connectivity index (χ1v) is 11.0. The highest BCUT2D eigenvalue weighted by Gasteiger charge is 2.43. The van der Waals surface area contributed by atoms with Gasteiger partial charge in [0.2, 0.25) is 11.8 Å². The lowest BCUT2D eigenvalue weighted by molar-refractivity contribution is -0.132. The molecule has 3 N–H and O–H groups in total. The number of rotatable bonds is 7. The molecule has 1 aromatic carbocycles. The van der Waals surface area contributed by atoms with Crippen molar-refractivity contribution < 1.29 is 9.59 Å². The van der Waals surface area contributed by atoms with Gasteiger partial charge in [-0.1, -0.05) is 43.7 Å². The first-order chi connectivity index (χ1) is 14.4. The molecule has 0 aromatic heterocycles. The molecule has 1 saturated heterocycles. The molecule has 0 spiro atoms. The van der Waals surface area contributed by atoms with E-state index in [4.69, 9.17) is 5.73 Å². The molecule has 0 bridgehead atoms. The van der Waals surface area contributed by atoms with E-state index < -0.39 is 11.4 Å². The number of aryl methyl sites for hydroxylation is 2. The van der Waals surface area contributed by atoms with Crippen LogP contribution in [0.3, 0.4) is 0 Å². The molecule has 1 aromatic rings. The van der Waals surface area contributed by atoms with E-state index in [9.17, 15) is 14.9 Å². The van der Waals surface area contributed by atoms with Crippen molar-refractivity contribution in [2.24, 2.45) is 11.7 Å². The van der Waals surface area contributed by atoms with Gasteiger partial charge in [-0.25, -0.2) is 0 Å². The van der Waals surface area contributed by atoms with E-state index in [0.717, 1.165) is 36.0 Å². The molecule has 1 atom stereocenters. The lowest BCUT2D eigenvalue weighted by Crippen LogP contribution is -2.52. The third-order valence-corrected chi connectivity index (χ3v) is 6.67. The highest BCUT2D eigenvalue weighted by molar-refractivity contribution is 5.95. The Balaban J connectivity index is 1.88. The van der Waals surface area contributed by atoms with Crippen molar-refractivity contribution in [3.8, 4) is 6.07 Å². The number of benzene rings is 1. The van der Waals surface area contributed by atoms with Gasteiger partial charge >= 0.3 is 0 Å². The third kappa shape index (κ3) is 4.84. The number of nitriles is 1. The smallest absolute Gasteiger partial charge is 0.249 e. The number of nitrogens with two attached hydrogens (primary N) is 1. The van der Waals surface area contributed by atoms with Crippen molar-refractivity contribution in [3.63, 3.8) is 0 Å². The van der Waals surface area contributed by atoms with Crippen molar-refractivity contribution >= 4 is 11.8 Å². The summed E-state index contributed by atoms with van der Waals surface area (Å²) in [5, 5.41) is 13.3. The Morgan fingerprint density at radius 2 is 2.03 bits per heavy atom. The molecule has 2 fully saturated rings. The number of carbonyl (C=O) groups is 2. The lowest BCUT2D eigenvalue weighted by atomic mass is 9.85. The minimum atomic E-state index is -0.910. The second kappa shape index (κ2) is 9.61. The van der Waals surface area contributed by atoms with E-state index in [1.165, 1.54) is 19.3 Å². The van der Waals surface area contributed by atoms with Crippen LogP contribution in [0.25, 0.3) is 0 Å². The number of carbonyl (C=O) groups excluding carboxylic acids is 2. The highest BCUT2D eigenvalue weighted by atomic mass is 16.2. The van der Waals surface area contributed by atoms with Crippen LogP contribution in [0.1, 0.15) is 72.0 Å². The Labute approximate surface area is 179 Å². The van der Waals surface area contributed by atoms with Gasteiger partial charge in [-0.2, -0.15) is 5.26 Å². The van der Waals surface area contributed by atoms with Crippen molar-refractivity contribution in [2.45, 2.75) is 70.9 Å². The normalized spacial score (nSPS) is 21.9. The summed E-state index contributed by atoms with van der Waals surface area (Å²) in [6.07, 6.45) is 9.15. The minimum Gasteiger partial charge on any atom is -0.366 e. The minimum absolute atomic E-state index is 0.124. The summed E-state index contributed by atoms with van der Waals surface area (Å²) >= 11 is 0. The largest absolute Gasteiger partial charge is 0.366 e. The molecule has 6 heteroatoms. The van der Waals surface area contributed by atoms with E-state index in [2.05, 4.69) is 11.4 Å². The van der Waals surface area contributed by atoms with Crippen molar-refractivity contribution in [2.75, 3.05) is 13.1 Å². The number of hydrogen-bond acceptors (Lipinski definition) is 4. The van der Waals surface area contributed by atoms with E-state index >= 15 is 0 Å². The van der Waals surface area contributed by atoms with Crippen molar-refractivity contribution in [1.29, 1.82) is 5.26 Å². The van der Waals surface area contributed by atoms with Crippen LogP contribution in [0.15, 0.2) is 12.1 Å². The van der Waals surface area contributed by atoms with Crippen molar-refractivity contribution in [3.05, 3.63) is 40.8 Å². The topological polar surface area (TPSA) is 99.2 Å². The maximum absolute atomic E-state index is 13.4. The molecule has 1 radical (unpaired) electrons. The second-order valence-electron chi connectivity index (χ2n) is 8.91. The summed E-state index contributed by atoms with van der Waals surface area (Å²) in [6, 6.07) is 6.16. The van der Waals surface area contributed by atoms with Crippen LogP contribution < -0.4 is 11.1 Å². The highest BCUT2D eigenvalue weighted by Crippen LogP contribution is 2.31. The zero-order valence-electron chi connectivity index (χ0n) is 18.2. The molecule has 1 heterocycles. The molecule has 1 aliphatic heterocycles. The molecule has 1 aliphatic carbocycles. The average Bonchev–Trinajstić information content (AvgIpc) is 3.21. The Bertz CT molecular complexity index is 830. The average molecular weight is 410 g/mol. The predicted octanol–water partition coefficient (Wildman–Crippen LogP) is 3.16. The molecule has 2 aliphatic rings. The maximum atomic E-state index is 13.4. The lowest BCUT2D eigenvalue weighted by Gasteiger charge is -2.36. The van der Waals surface area contributed by atoms with Crippen LogP contribution in [0.2, 0.25) is 0 Å². The quantitative estimate of drug-likeness (QED) is 0.722. The van der Waals surface area contributed by atoms with E-state index in [0.29, 0.717) is 31.0 Å². The second-order valence-corrected chi connectivity index (χ2v) is 8.91. The first-order valence-electron chi connectivity index (χ1n) is 11.0. The van der Waals surface area contributed by atoms with Gasteiger partial charge in [0.15, 0.2) is 0 Å². The molecule has 1 saturated carbocycles. The molecule has 161 valence electrons. The summed E-state index contributed by atoms with van der Waals surface area (Å²) in [5.74, 6) is -0.0845. The van der Waals surface area contributed by atoms with E-state index in [1.54, 1.807) is 17.4 Å². The molecule has 2 amide bonds. The van der Waals surface area contributed by atoms with Gasteiger partial charge < -0.3 is 16.0 Å². The van der Waals surface area contributed by atoms with Crippen molar-refractivity contribution in [1.82, 2.24) is 10.2 Å². The summed E-state index contributed by atoms with van der Waals surface area (Å²) in [6.45, 7) is 5.18. The monoisotopic (exact) mass is 409 g/mol. The third-order valence-electron chi connectivity index (χ3n) is 6.67. The van der Waals surface area contributed by atoms with Crippen LogP contribution >= 0.6 is 0 Å². The van der Waals surface area contributed by atoms with Gasteiger partial charge in [-0.3, -0.25) is 9.59 Å². The standard InChI is InChI=1S/C24H33N4O2/c1-17-12-18(2)21(20(13-17)23(26)30)14-28(24(15-25)10-11-27-16-24)22(29)9-8-19-6-4-3-5-7-19/h9,12-13,19,27H,3-8,10-11,14,16H2,1-2H3,(H2,26,30). The zero-order chi connectivity index (χ0) is 21.7. The fraction of sp³-hybridized carbons (Fsp3) is 0.583.